The third-order valence-electron chi connectivity index (χ3n) is 3.84. The number of rotatable bonds is 3. The summed E-state index contributed by atoms with van der Waals surface area (Å²) in [6.45, 7) is 0. The van der Waals surface area contributed by atoms with Crippen molar-refractivity contribution >= 4 is 27.5 Å². The molecule has 1 aliphatic carbocycles. The Morgan fingerprint density at radius 1 is 1.37 bits per heavy atom. The second kappa shape index (κ2) is 6.28. The van der Waals surface area contributed by atoms with E-state index in [1.165, 1.54) is 32.1 Å². The quantitative estimate of drug-likeness (QED) is 0.388. The molecule has 0 aliphatic heterocycles. The summed E-state index contributed by atoms with van der Waals surface area (Å²) in [4.78, 5) is 2.26. The van der Waals surface area contributed by atoms with Crippen LogP contribution in [0.5, 0.6) is 0 Å². The fourth-order valence-corrected chi connectivity index (χ4v) is 3.10. The van der Waals surface area contributed by atoms with E-state index in [1.54, 1.807) is 0 Å². The van der Waals surface area contributed by atoms with Crippen LogP contribution < -0.4 is 10.6 Å². The highest BCUT2D eigenvalue weighted by Crippen LogP contribution is 2.30. The molecule has 0 radical (unpaired) electrons. The van der Waals surface area contributed by atoms with E-state index in [1.807, 2.05) is 18.2 Å². The molecule has 1 aromatic carbocycles. The molecule has 0 unspecified atom stereocenters. The Kier molecular flexibility index (Phi) is 4.69. The minimum Gasteiger partial charge on any atom is -0.409 e. The van der Waals surface area contributed by atoms with Gasteiger partial charge in [0.2, 0.25) is 0 Å². The van der Waals surface area contributed by atoms with E-state index < -0.39 is 0 Å². The number of nitrogens with two attached hydrogens (primary N) is 1. The first-order chi connectivity index (χ1) is 9.13. The van der Waals surface area contributed by atoms with Crippen LogP contribution in [0.1, 0.15) is 37.7 Å². The van der Waals surface area contributed by atoms with Gasteiger partial charge >= 0.3 is 0 Å². The Hall–Kier alpha value is -1.23. The fraction of sp³-hybridized carbons (Fsp3) is 0.500. The van der Waals surface area contributed by atoms with E-state index in [9.17, 15) is 0 Å². The summed E-state index contributed by atoms with van der Waals surface area (Å²) in [6, 6.07) is 6.44. The van der Waals surface area contributed by atoms with Gasteiger partial charge < -0.3 is 15.8 Å². The van der Waals surface area contributed by atoms with Gasteiger partial charge in [-0.15, -0.1) is 0 Å². The third kappa shape index (κ3) is 3.21. The molecule has 1 aromatic rings. The molecule has 19 heavy (non-hydrogen) atoms. The molecule has 2 rings (SSSR count). The molecular weight excluding hydrogens is 306 g/mol. The normalized spacial score (nSPS) is 17.5. The minimum absolute atomic E-state index is 0.152. The number of benzene rings is 1. The highest BCUT2D eigenvalue weighted by Gasteiger charge is 2.21. The molecular formula is C14H20BrN3O. The van der Waals surface area contributed by atoms with Crippen LogP contribution in [0.3, 0.4) is 0 Å². The molecule has 1 fully saturated rings. The second-order valence-electron chi connectivity index (χ2n) is 5.05. The minimum atomic E-state index is 0.152. The Labute approximate surface area is 122 Å². The van der Waals surface area contributed by atoms with Gasteiger partial charge in [0.05, 0.1) is 0 Å². The molecule has 5 heteroatoms. The Bertz CT molecular complexity index is 470. The first-order valence-corrected chi connectivity index (χ1v) is 7.43. The van der Waals surface area contributed by atoms with Gasteiger partial charge in [-0.25, -0.2) is 0 Å². The highest BCUT2D eigenvalue weighted by molar-refractivity contribution is 9.10. The number of anilines is 1. The summed E-state index contributed by atoms with van der Waals surface area (Å²) in [5, 5.41) is 12.1. The number of halogens is 1. The maximum absolute atomic E-state index is 8.92. The topological polar surface area (TPSA) is 61.8 Å². The molecule has 3 N–H and O–H groups in total. The van der Waals surface area contributed by atoms with Crippen molar-refractivity contribution in [3.63, 3.8) is 0 Å². The molecule has 0 amide bonds. The van der Waals surface area contributed by atoms with Crippen molar-refractivity contribution < 1.29 is 5.21 Å². The molecule has 0 bridgehead atoms. The summed E-state index contributed by atoms with van der Waals surface area (Å²) in [5.41, 5.74) is 7.57. The standard InChI is InChI=1S/C14H20BrN3O/c1-18(11-5-3-2-4-6-11)13-8-7-10(15)9-12(13)14(16)17-19/h7-9,11,19H,2-6H2,1H3,(H2,16,17). The first kappa shape index (κ1) is 14.2. The Morgan fingerprint density at radius 3 is 2.68 bits per heavy atom. The summed E-state index contributed by atoms with van der Waals surface area (Å²) < 4.78 is 0.926. The fourth-order valence-electron chi connectivity index (χ4n) is 2.74. The van der Waals surface area contributed by atoms with Crippen LogP contribution in [-0.2, 0) is 0 Å². The van der Waals surface area contributed by atoms with E-state index in [-0.39, 0.29) is 5.84 Å². The molecule has 104 valence electrons. The van der Waals surface area contributed by atoms with Gasteiger partial charge in [0.1, 0.15) is 0 Å². The predicted molar refractivity (Wildman–Crippen MR) is 81.9 cm³/mol. The van der Waals surface area contributed by atoms with Crippen molar-refractivity contribution in [2.24, 2.45) is 10.9 Å². The van der Waals surface area contributed by atoms with Crippen molar-refractivity contribution in [3.8, 4) is 0 Å². The molecule has 0 heterocycles. The van der Waals surface area contributed by atoms with E-state index in [4.69, 9.17) is 10.9 Å². The summed E-state index contributed by atoms with van der Waals surface area (Å²) in [6.07, 6.45) is 6.32. The summed E-state index contributed by atoms with van der Waals surface area (Å²) >= 11 is 3.43. The van der Waals surface area contributed by atoms with Crippen molar-refractivity contribution in [3.05, 3.63) is 28.2 Å². The van der Waals surface area contributed by atoms with Crippen LogP contribution in [-0.4, -0.2) is 24.1 Å². The Morgan fingerprint density at radius 2 is 2.05 bits per heavy atom. The SMILES string of the molecule is CN(c1ccc(Br)cc1/C(N)=N/O)C1CCCCC1. The molecule has 4 nitrogen and oxygen atoms in total. The second-order valence-corrected chi connectivity index (χ2v) is 5.97. The lowest BCUT2D eigenvalue weighted by Gasteiger charge is -2.34. The van der Waals surface area contributed by atoms with E-state index >= 15 is 0 Å². The van der Waals surface area contributed by atoms with Crippen LogP contribution >= 0.6 is 15.9 Å². The van der Waals surface area contributed by atoms with Crippen molar-refractivity contribution in [2.45, 2.75) is 38.1 Å². The van der Waals surface area contributed by atoms with Gasteiger partial charge in [-0.2, -0.15) is 0 Å². The van der Waals surface area contributed by atoms with Gasteiger partial charge in [-0.3, -0.25) is 0 Å². The molecule has 0 aromatic heterocycles. The number of nitrogens with zero attached hydrogens (tertiary/aromatic N) is 2. The molecule has 0 atom stereocenters. The van der Waals surface area contributed by atoms with Crippen molar-refractivity contribution in [1.29, 1.82) is 0 Å². The molecule has 1 saturated carbocycles. The summed E-state index contributed by atoms with van der Waals surface area (Å²) in [5.74, 6) is 0.152. The van der Waals surface area contributed by atoms with Crippen LogP contribution in [0.4, 0.5) is 5.69 Å². The lowest BCUT2D eigenvalue weighted by atomic mass is 9.93. The lowest BCUT2D eigenvalue weighted by Crippen LogP contribution is -2.34. The predicted octanol–water partition coefficient (Wildman–Crippen LogP) is 3.31. The zero-order chi connectivity index (χ0) is 13.8. The van der Waals surface area contributed by atoms with E-state index in [0.717, 1.165) is 15.7 Å². The molecule has 0 spiro atoms. The zero-order valence-electron chi connectivity index (χ0n) is 11.1. The largest absolute Gasteiger partial charge is 0.409 e. The van der Waals surface area contributed by atoms with Gasteiger partial charge in [0.15, 0.2) is 5.84 Å². The van der Waals surface area contributed by atoms with Crippen LogP contribution in [0.2, 0.25) is 0 Å². The first-order valence-electron chi connectivity index (χ1n) is 6.63. The monoisotopic (exact) mass is 325 g/mol. The average molecular weight is 326 g/mol. The highest BCUT2D eigenvalue weighted by atomic mass is 79.9. The van der Waals surface area contributed by atoms with Crippen LogP contribution in [0.15, 0.2) is 27.8 Å². The third-order valence-corrected chi connectivity index (χ3v) is 4.34. The van der Waals surface area contributed by atoms with Crippen molar-refractivity contribution in [2.75, 3.05) is 11.9 Å². The van der Waals surface area contributed by atoms with Gasteiger partial charge in [0.25, 0.3) is 0 Å². The van der Waals surface area contributed by atoms with Crippen LogP contribution in [0.25, 0.3) is 0 Å². The van der Waals surface area contributed by atoms with E-state index in [2.05, 4.69) is 33.0 Å². The smallest absolute Gasteiger partial charge is 0.172 e. The molecule has 1 aliphatic rings. The van der Waals surface area contributed by atoms with Crippen LogP contribution in [0, 0.1) is 0 Å². The summed E-state index contributed by atoms with van der Waals surface area (Å²) in [7, 11) is 2.09. The number of hydrogen-bond acceptors (Lipinski definition) is 3. The number of hydrogen-bond donors (Lipinski definition) is 2. The van der Waals surface area contributed by atoms with Gasteiger partial charge in [-0.05, 0) is 31.0 Å². The molecule has 0 saturated heterocycles. The maximum atomic E-state index is 8.92. The van der Waals surface area contributed by atoms with Gasteiger partial charge in [0, 0.05) is 28.8 Å². The maximum Gasteiger partial charge on any atom is 0.172 e. The Balaban J connectivity index is 2.32. The number of amidine groups is 1. The number of oxime groups is 1. The van der Waals surface area contributed by atoms with Gasteiger partial charge in [-0.1, -0.05) is 40.3 Å². The lowest BCUT2D eigenvalue weighted by molar-refractivity contribution is 0.318. The zero-order valence-corrected chi connectivity index (χ0v) is 12.7. The van der Waals surface area contributed by atoms with E-state index in [0.29, 0.717) is 6.04 Å². The van der Waals surface area contributed by atoms with Crippen molar-refractivity contribution in [1.82, 2.24) is 0 Å². The average Bonchev–Trinajstić information content (AvgIpc) is 2.46.